The van der Waals surface area contributed by atoms with Crippen LogP contribution < -0.4 is 10.1 Å². The molecule has 0 aliphatic heterocycles. The van der Waals surface area contributed by atoms with E-state index in [0.29, 0.717) is 30.8 Å². The van der Waals surface area contributed by atoms with Crippen LogP contribution in [0.5, 0.6) is 5.88 Å². The van der Waals surface area contributed by atoms with E-state index in [1.165, 1.54) is 0 Å². The monoisotopic (exact) mass is 267 g/mol. The predicted molar refractivity (Wildman–Crippen MR) is 76.5 cm³/mol. The highest BCUT2D eigenvalue weighted by atomic mass is 16.5. The third-order valence-electron chi connectivity index (χ3n) is 2.52. The maximum absolute atomic E-state index is 5.68. The van der Waals surface area contributed by atoms with Crippen molar-refractivity contribution < 1.29 is 9.47 Å². The maximum Gasteiger partial charge on any atom is 0.218 e. The minimum absolute atomic E-state index is 0.391. The van der Waals surface area contributed by atoms with Crippen LogP contribution in [0.2, 0.25) is 0 Å². The Hall–Kier alpha value is -1.36. The van der Waals surface area contributed by atoms with Crippen molar-refractivity contribution in [3.05, 3.63) is 11.9 Å². The van der Waals surface area contributed by atoms with Gasteiger partial charge in [0.05, 0.1) is 6.61 Å². The molecule has 0 saturated carbocycles. The lowest BCUT2D eigenvalue weighted by Crippen LogP contribution is -2.09. The van der Waals surface area contributed by atoms with Gasteiger partial charge in [0, 0.05) is 19.7 Å². The molecule has 1 N–H and O–H groups in total. The molecule has 1 rings (SSSR count). The number of aromatic nitrogens is 2. The Bertz CT molecular complexity index is 370. The summed E-state index contributed by atoms with van der Waals surface area (Å²) < 4.78 is 10.8. The number of nitrogens with zero attached hydrogens (tertiary/aromatic N) is 2. The Kier molecular flexibility index (Phi) is 7.18. The molecule has 0 saturated heterocycles. The first-order valence-electron chi connectivity index (χ1n) is 6.89. The lowest BCUT2D eigenvalue weighted by molar-refractivity contribution is 0.176. The smallest absolute Gasteiger partial charge is 0.218 e. The van der Waals surface area contributed by atoms with Crippen molar-refractivity contribution in [2.45, 2.75) is 40.2 Å². The first kappa shape index (κ1) is 15.7. The van der Waals surface area contributed by atoms with Gasteiger partial charge < -0.3 is 14.8 Å². The van der Waals surface area contributed by atoms with E-state index < -0.39 is 0 Å². The van der Waals surface area contributed by atoms with Crippen molar-refractivity contribution >= 4 is 5.82 Å². The van der Waals surface area contributed by atoms with Crippen LogP contribution in [-0.2, 0) is 11.3 Å². The van der Waals surface area contributed by atoms with E-state index in [1.54, 1.807) is 7.11 Å². The molecular weight excluding hydrogens is 242 g/mol. The first-order valence-corrected chi connectivity index (χ1v) is 6.89. The zero-order valence-corrected chi connectivity index (χ0v) is 12.4. The van der Waals surface area contributed by atoms with E-state index in [1.807, 2.05) is 6.07 Å². The van der Waals surface area contributed by atoms with Gasteiger partial charge >= 0.3 is 0 Å². The van der Waals surface area contributed by atoms with Gasteiger partial charge in [-0.25, -0.2) is 4.98 Å². The van der Waals surface area contributed by atoms with Crippen LogP contribution in [0.1, 0.15) is 39.4 Å². The zero-order valence-electron chi connectivity index (χ0n) is 12.4. The van der Waals surface area contributed by atoms with Gasteiger partial charge in [-0.15, -0.1) is 0 Å². The normalized spacial score (nSPS) is 10.8. The highest BCUT2D eigenvalue weighted by Crippen LogP contribution is 2.15. The standard InChI is InChI=1S/C14H25N3O2/c1-5-7-15-12-9-14(19-8-6-11(2)3)17-13(16-12)10-18-4/h9,11H,5-8,10H2,1-4H3,(H,15,16,17). The molecule has 0 radical (unpaired) electrons. The molecule has 0 aliphatic rings. The van der Waals surface area contributed by atoms with E-state index in [9.17, 15) is 0 Å². The Balaban J connectivity index is 2.68. The van der Waals surface area contributed by atoms with Crippen molar-refractivity contribution in [2.75, 3.05) is 25.6 Å². The average Bonchev–Trinajstić information content (AvgIpc) is 2.36. The van der Waals surface area contributed by atoms with Crippen LogP contribution in [0.4, 0.5) is 5.82 Å². The van der Waals surface area contributed by atoms with Gasteiger partial charge in [0.25, 0.3) is 0 Å². The van der Waals surface area contributed by atoms with Gasteiger partial charge in [0.15, 0.2) is 5.82 Å². The van der Waals surface area contributed by atoms with Crippen LogP contribution in [0, 0.1) is 5.92 Å². The second kappa shape index (κ2) is 8.69. The molecule has 1 aromatic heterocycles. The number of nitrogens with one attached hydrogen (secondary N) is 1. The lowest BCUT2D eigenvalue weighted by Gasteiger charge is -2.11. The van der Waals surface area contributed by atoms with E-state index in [-0.39, 0.29) is 0 Å². The summed E-state index contributed by atoms with van der Waals surface area (Å²) in [4.78, 5) is 8.71. The van der Waals surface area contributed by atoms with Crippen molar-refractivity contribution in [1.29, 1.82) is 0 Å². The van der Waals surface area contributed by atoms with Crippen LogP contribution >= 0.6 is 0 Å². The van der Waals surface area contributed by atoms with E-state index in [4.69, 9.17) is 9.47 Å². The average molecular weight is 267 g/mol. The van der Waals surface area contributed by atoms with Crippen LogP contribution in [-0.4, -0.2) is 30.2 Å². The third-order valence-corrected chi connectivity index (χ3v) is 2.52. The molecule has 0 bridgehead atoms. The molecular formula is C14H25N3O2. The lowest BCUT2D eigenvalue weighted by atomic mass is 10.1. The topological polar surface area (TPSA) is 56.3 Å². The molecule has 5 heteroatoms. The molecule has 0 aromatic carbocycles. The zero-order chi connectivity index (χ0) is 14.1. The number of hydrogen-bond donors (Lipinski definition) is 1. The second-order valence-corrected chi connectivity index (χ2v) is 4.90. The summed E-state index contributed by atoms with van der Waals surface area (Å²) in [6, 6.07) is 1.84. The fourth-order valence-corrected chi connectivity index (χ4v) is 1.48. The van der Waals surface area contributed by atoms with Crippen LogP contribution in [0.3, 0.4) is 0 Å². The molecule has 0 unspecified atom stereocenters. The van der Waals surface area contributed by atoms with E-state index >= 15 is 0 Å². The van der Waals surface area contributed by atoms with Crippen molar-refractivity contribution in [3.8, 4) is 5.88 Å². The summed E-state index contributed by atoms with van der Waals surface area (Å²) in [5.41, 5.74) is 0. The summed E-state index contributed by atoms with van der Waals surface area (Å²) >= 11 is 0. The molecule has 1 heterocycles. The summed E-state index contributed by atoms with van der Waals surface area (Å²) in [5, 5.41) is 3.25. The maximum atomic E-state index is 5.68. The van der Waals surface area contributed by atoms with Gasteiger partial charge in [-0.2, -0.15) is 4.98 Å². The Morgan fingerprint density at radius 2 is 2.11 bits per heavy atom. The third kappa shape index (κ3) is 6.38. The summed E-state index contributed by atoms with van der Waals surface area (Å²) in [7, 11) is 1.63. The quantitative estimate of drug-likeness (QED) is 0.745. The van der Waals surface area contributed by atoms with Crippen molar-refractivity contribution in [1.82, 2.24) is 9.97 Å². The number of methoxy groups -OCH3 is 1. The van der Waals surface area contributed by atoms with Crippen molar-refractivity contribution in [2.24, 2.45) is 5.92 Å². The fourth-order valence-electron chi connectivity index (χ4n) is 1.48. The van der Waals surface area contributed by atoms with Gasteiger partial charge in [0.2, 0.25) is 5.88 Å². The Labute approximate surface area is 115 Å². The molecule has 0 atom stereocenters. The summed E-state index contributed by atoms with van der Waals surface area (Å²) in [6.07, 6.45) is 2.06. The summed E-state index contributed by atoms with van der Waals surface area (Å²) in [5.74, 6) is 2.67. The SMILES string of the molecule is CCCNc1cc(OCCC(C)C)nc(COC)n1. The van der Waals surface area contributed by atoms with Gasteiger partial charge in [0.1, 0.15) is 12.4 Å². The Morgan fingerprint density at radius 1 is 1.32 bits per heavy atom. The predicted octanol–water partition coefficient (Wildman–Crippen LogP) is 2.87. The minimum Gasteiger partial charge on any atom is -0.478 e. The first-order chi connectivity index (χ1) is 9.15. The Morgan fingerprint density at radius 3 is 2.74 bits per heavy atom. The second-order valence-electron chi connectivity index (χ2n) is 4.90. The van der Waals surface area contributed by atoms with Crippen molar-refractivity contribution in [3.63, 3.8) is 0 Å². The molecule has 0 amide bonds. The minimum atomic E-state index is 0.391. The molecule has 1 aromatic rings. The van der Waals surface area contributed by atoms with Gasteiger partial charge in [-0.3, -0.25) is 0 Å². The fraction of sp³-hybridized carbons (Fsp3) is 0.714. The number of hydrogen-bond acceptors (Lipinski definition) is 5. The highest BCUT2D eigenvalue weighted by molar-refractivity contribution is 5.38. The molecule has 19 heavy (non-hydrogen) atoms. The van der Waals surface area contributed by atoms with E-state index in [0.717, 1.165) is 25.2 Å². The largest absolute Gasteiger partial charge is 0.478 e. The van der Waals surface area contributed by atoms with E-state index in [2.05, 4.69) is 36.1 Å². The van der Waals surface area contributed by atoms with Crippen LogP contribution in [0.15, 0.2) is 6.07 Å². The summed E-state index contributed by atoms with van der Waals surface area (Å²) in [6.45, 7) is 8.41. The molecule has 0 fully saturated rings. The number of anilines is 1. The highest BCUT2D eigenvalue weighted by Gasteiger charge is 2.06. The van der Waals surface area contributed by atoms with Gasteiger partial charge in [-0.1, -0.05) is 20.8 Å². The number of rotatable bonds is 9. The van der Waals surface area contributed by atoms with Crippen LogP contribution in [0.25, 0.3) is 0 Å². The molecule has 5 nitrogen and oxygen atoms in total. The van der Waals surface area contributed by atoms with Gasteiger partial charge in [-0.05, 0) is 18.8 Å². The number of ether oxygens (including phenoxy) is 2. The molecule has 0 spiro atoms. The molecule has 108 valence electrons. The molecule has 0 aliphatic carbocycles.